The first kappa shape index (κ1) is 19.7. The first-order chi connectivity index (χ1) is 12.7. The Hall–Kier alpha value is -2.60. The molecule has 0 saturated carbocycles. The Kier molecular flexibility index (Phi) is 7.89. The Morgan fingerprint density at radius 2 is 1.77 bits per heavy atom. The zero-order valence-corrected chi connectivity index (χ0v) is 15.5. The van der Waals surface area contributed by atoms with Crippen LogP contribution in [0.15, 0.2) is 47.5 Å². The Bertz CT molecular complexity index is 717. The summed E-state index contributed by atoms with van der Waals surface area (Å²) in [5, 5.41) is 6.51. The van der Waals surface area contributed by atoms with Crippen LogP contribution in [-0.4, -0.2) is 26.7 Å². The molecular weight excluding hydrogens is 333 g/mol. The fraction of sp³-hybridized carbons (Fsp3) is 0.350. The van der Waals surface area contributed by atoms with E-state index in [1.54, 1.807) is 26.4 Å². The minimum absolute atomic E-state index is 0.249. The number of rotatable bonds is 8. The smallest absolute Gasteiger partial charge is 0.191 e. The van der Waals surface area contributed by atoms with Gasteiger partial charge < -0.3 is 20.1 Å². The zero-order valence-electron chi connectivity index (χ0n) is 15.5. The average molecular weight is 359 g/mol. The minimum Gasteiger partial charge on any atom is -0.497 e. The van der Waals surface area contributed by atoms with Crippen molar-refractivity contribution in [1.82, 2.24) is 10.6 Å². The lowest BCUT2D eigenvalue weighted by Crippen LogP contribution is -2.36. The molecule has 2 N–H and O–H groups in total. The molecule has 0 fully saturated rings. The van der Waals surface area contributed by atoms with Crippen LogP contribution in [0.5, 0.6) is 5.75 Å². The molecule has 2 rings (SSSR count). The molecule has 2 aromatic rings. The lowest BCUT2D eigenvalue weighted by atomic mass is 10.1. The number of nitrogens with one attached hydrogen (secondary N) is 2. The minimum atomic E-state index is -0.260. The average Bonchev–Trinajstić information content (AvgIpc) is 2.67. The SMILES string of the molecule is CCNC(=NCc1ccc(F)c(COC)c1)NCc1ccc(OC)cc1. The summed E-state index contributed by atoms with van der Waals surface area (Å²) in [6.07, 6.45) is 0. The summed E-state index contributed by atoms with van der Waals surface area (Å²) in [7, 11) is 3.20. The van der Waals surface area contributed by atoms with Crippen LogP contribution < -0.4 is 15.4 Å². The molecule has 0 amide bonds. The molecule has 0 aliphatic rings. The van der Waals surface area contributed by atoms with Gasteiger partial charge in [-0.05, 0) is 42.3 Å². The Morgan fingerprint density at radius 3 is 2.42 bits per heavy atom. The third-order valence-corrected chi connectivity index (χ3v) is 3.79. The van der Waals surface area contributed by atoms with Gasteiger partial charge in [-0.1, -0.05) is 18.2 Å². The number of halogens is 1. The molecule has 5 nitrogen and oxygen atoms in total. The zero-order chi connectivity index (χ0) is 18.8. The molecule has 0 unspecified atom stereocenters. The monoisotopic (exact) mass is 359 g/mol. The summed E-state index contributed by atoms with van der Waals surface area (Å²) in [6, 6.07) is 12.9. The maximum atomic E-state index is 13.7. The molecule has 6 heteroatoms. The Morgan fingerprint density at radius 1 is 1.04 bits per heavy atom. The van der Waals surface area contributed by atoms with Crippen molar-refractivity contribution in [3.63, 3.8) is 0 Å². The standard InChI is InChI=1S/C20H26FN3O2/c1-4-22-20(23-12-15-5-8-18(26-3)9-6-15)24-13-16-7-10-19(21)17(11-16)14-25-2/h5-11H,4,12-14H2,1-3H3,(H2,22,23,24). The second kappa shape index (κ2) is 10.4. The van der Waals surface area contributed by atoms with Crippen molar-refractivity contribution in [2.45, 2.75) is 26.6 Å². The summed E-state index contributed by atoms with van der Waals surface area (Å²) < 4.78 is 23.9. The first-order valence-corrected chi connectivity index (χ1v) is 8.57. The summed E-state index contributed by atoms with van der Waals surface area (Å²) in [5.41, 5.74) is 2.59. The van der Waals surface area contributed by atoms with E-state index in [0.29, 0.717) is 24.6 Å². The molecule has 0 aliphatic heterocycles. The molecule has 0 radical (unpaired) electrons. The molecule has 0 aromatic heterocycles. The van der Waals surface area contributed by atoms with Crippen LogP contribution in [-0.2, 0) is 24.4 Å². The highest BCUT2D eigenvalue weighted by Gasteiger charge is 2.04. The Balaban J connectivity index is 2.00. The number of methoxy groups -OCH3 is 2. The number of benzene rings is 2. The van der Waals surface area contributed by atoms with Crippen LogP contribution in [0.25, 0.3) is 0 Å². The van der Waals surface area contributed by atoms with Gasteiger partial charge in [0.1, 0.15) is 11.6 Å². The number of ether oxygens (including phenoxy) is 2. The van der Waals surface area contributed by atoms with Crippen LogP contribution in [0, 0.1) is 5.82 Å². The van der Waals surface area contributed by atoms with Crippen molar-refractivity contribution >= 4 is 5.96 Å². The van der Waals surface area contributed by atoms with Gasteiger partial charge in [0.2, 0.25) is 0 Å². The molecule has 0 spiro atoms. The van der Waals surface area contributed by atoms with Gasteiger partial charge in [-0.3, -0.25) is 0 Å². The van der Waals surface area contributed by atoms with Crippen LogP contribution in [0.4, 0.5) is 4.39 Å². The molecule has 0 atom stereocenters. The second-order valence-electron chi connectivity index (χ2n) is 5.76. The summed E-state index contributed by atoms with van der Waals surface area (Å²) in [6.45, 7) is 4.12. The second-order valence-corrected chi connectivity index (χ2v) is 5.76. The van der Waals surface area contributed by atoms with E-state index in [4.69, 9.17) is 9.47 Å². The van der Waals surface area contributed by atoms with Gasteiger partial charge >= 0.3 is 0 Å². The number of guanidine groups is 1. The van der Waals surface area contributed by atoms with Crippen LogP contribution in [0.1, 0.15) is 23.6 Å². The number of hydrogen-bond donors (Lipinski definition) is 2. The van der Waals surface area contributed by atoms with Gasteiger partial charge in [0.25, 0.3) is 0 Å². The quantitative estimate of drug-likeness (QED) is 0.561. The third kappa shape index (κ3) is 6.04. The normalized spacial score (nSPS) is 11.3. The molecule has 26 heavy (non-hydrogen) atoms. The van der Waals surface area contributed by atoms with E-state index in [1.807, 2.05) is 31.2 Å². The molecular formula is C20H26FN3O2. The van der Waals surface area contributed by atoms with Crippen molar-refractivity contribution in [1.29, 1.82) is 0 Å². The lowest BCUT2D eigenvalue weighted by Gasteiger charge is -2.12. The number of hydrogen-bond acceptors (Lipinski definition) is 3. The largest absolute Gasteiger partial charge is 0.497 e. The Labute approximate surface area is 154 Å². The van der Waals surface area contributed by atoms with E-state index in [9.17, 15) is 4.39 Å². The summed E-state index contributed by atoms with van der Waals surface area (Å²) >= 11 is 0. The topological polar surface area (TPSA) is 54.9 Å². The van der Waals surface area contributed by atoms with Gasteiger partial charge in [-0.2, -0.15) is 0 Å². The summed E-state index contributed by atoms with van der Waals surface area (Å²) in [4.78, 5) is 4.57. The van der Waals surface area contributed by atoms with Crippen molar-refractivity contribution in [2.24, 2.45) is 4.99 Å². The van der Waals surface area contributed by atoms with Crippen molar-refractivity contribution in [3.8, 4) is 5.75 Å². The molecule has 0 heterocycles. The van der Waals surface area contributed by atoms with E-state index in [2.05, 4.69) is 15.6 Å². The highest BCUT2D eigenvalue weighted by atomic mass is 19.1. The summed E-state index contributed by atoms with van der Waals surface area (Å²) in [5.74, 6) is 1.28. The lowest BCUT2D eigenvalue weighted by molar-refractivity contribution is 0.181. The van der Waals surface area contributed by atoms with Crippen LogP contribution in [0.3, 0.4) is 0 Å². The van der Waals surface area contributed by atoms with E-state index in [1.165, 1.54) is 6.07 Å². The number of aliphatic imine (C=N–C) groups is 1. The van der Waals surface area contributed by atoms with E-state index in [0.717, 1.165) is 23.4 Å². The van der Waals surface area contributed by atoms with Gasteiger partial charge in [0.05, 0.1) is 20.3 Å². The highest BCUT2D eigenvalue weighted by Crippen LogP contribution is 2.13. The van der Waals surface area contributed by atoms with Crippen molar-refractivity contribution in [2.75, 3.05) is 20.8 Å². The van der Waals surface area contributed by atoms with Gasteiger partial charge in [-0.25, -0.2) is 9.38 Å². The van der Waals surface area contributed by atoms with Gasteiger partial charge in [-0.15, -0.1) is 0 Å². The highest BCUT2D eigenvalue weighted by molar-refractivity contribution is 5.79. The van der Waals surface area contributed by atoms with Crippen LogP contribution >= 0.6 is 0 Å². The first-order valence-electron chi connectivity index (χ1n) is 8.57. The molecule has 0 bridgehead atoms. The van der Waals surface area contributed by atoms with Crippen molar-refractivity contribution in [3.05, 3.63) is 65.0 Å². The molecule has 0 aliphatic carbocycles. The van der Waals surface area contributed by atoms with E-state index >= 15 is 0 Å². The molecule has 140 valence electrons. The fourth-order valence-corrected chi connectivity index (χ4v) is 2.43. The third-order valence-electron chi connectivity index (χ3n) is 3.79. The van der Waals surface area contributed by atoms with Gasteiger partial charge in [0.15, 0.2) is 5.96 Å². The maximum absolute atomic E-state index is 13.7. The van der Waals surface area contributed by atoms with Gasteiger partial charge in [0, 0.05) is 25.8 Å². The molecule has 2 aromatic carbocycles. The van der Waals surface area contributed by atoms with E-state index in [-0.39, 0.29) is 12.4 Å². The molecule has 0 saturated heterocycles. The number of nitrogens with zero attached hydrogens (tertiary/aromatic N) is 1. The predicted molar refractivity (Wildman–Crippen MR) is 102 cm³/mol. The predicted octanol–water partition coefficient (Wildman–Crippen LogP) is 3.24. The van der Waals surface area contributed by atoms with E-state index < -0.39 is 0 Å². The maximum Gasteiger partial charge on any atom is 0.191 e. The fourth-order valence-electron chi connectivity index (χ4n) is 2.43. The van der Waals surface area contributed by atoms with Crippen LogP contribution in [0.2, 0.25) is 0 Å². The van der Waals surface area contributed by atoms with Crippen molar-refractivity contribution < 1.29 is 13.9 Å².